The van der Waals surface area contributed by atoms with Gasteiger partial charge >= 0.3 is 0 Å². The van der Waals surface area contributed by atoms with Gasteiger partial charge in [0.05, 0.1) is 22.4 Å². The van der Waals surface area contributed by atoms with Crippen LogP contribution in [0.5, 0.6) is 0 Å². The van der Waals surface area contributed by atoms with Crippen molar-refractivity contribution in [3.63, 3.8) is 0 Å². The molecule has 1 N–H and O–H groups in total. The first-order valence-corrected chi connectivity index (χ1v) is 8.02. The molecule has 0 radical (unpaired) electrons. The lowest BCUT2D eigenvalue weighted by Gasteiger charge is -2.21. The van der Waals surface area contributed by atoms with Crippen LogP contribution >= 0.6 is 39.1 Å². The van der Waals surface area contributed by atoms with Gasteiger partial charge in [0.1, 0.15) is 0 Å². The fourth-order valence-corrected chi connectivity index (χ4v) is 3.25. The maximum absolute atomic E-state index is 6.36. The molecule has 1 heterocycles. The van der Waals surface area contributed by atoms with E-state index in [1.807, 2.05) is 23.0 Å². The van der Waals surface area contributed by atoms with Crippen molar-refractivity contribution in [1.29, 1.82) is 0 Å². The van der Waals surface area contributed by atoms with E-state index in [1.54, 1.807) is 6.07 Å². The second-order valence-corrected chi connectivity index (χ2v) is 6.05. The van der Waals surface area contributed by atoms with Gasteiger partial charge in [0.25, 0.3) is 0 Å². The highest BCUT2D eigenvalue weighted by Gasteiger charge is 2.22. The number of rotatable bonds is 5. The molecule has 0 aliphatic heterocycles. The molecule has 0 spiro atoms. The molecule has 108 valence electrons. The topological polar surface area (TPSA) is 29.9 Å². The third-order valence-electron chi connectivity index (χ3n) is 3.09. The van der Waals surface area contributed by atoms with Crippen molar-refractivity contribution in [3.05, 3.63) is 50.2 Å². The van der Waals surface area contributed by atoms with Crippen molar-refractivity contribution in [3.8, 4) is 0 Å². The lowest BCUT2D eigenvalue weighted by molar-refractivity contribution is 0.541. The van der Waals surface area contributed by atoms with Gasteiger partial charge < -0.3 is 5.32 Å². The Hall–Kier alpha value is -0.550. The fraction of sp³-hybridized carbons (Fsp3) is 0.357. The molecule has 0 aliphatic rings. The molecule has 0 amide bonds. The van der Waals surface area contributed by atoms with Crippen LogP contribution in [0, 0.1) is 0 Å². The summed E-state index contributed by atoms with van der Waals surface area (Å²) in [6.45, 7) is 5.76. The van der Waals surface area contributed by atoms with Gasteiger partial charge in [-0.1, -0.05) is 36.2 Å². The van der Waals surface area contributed by atoms with Gasteiger partial charge in [-0.2, -0.15) is 5.10 Å². The summed E-state index contributed by atoms with van der Waals surface area (Å²) in [6.07, 6.45) is 1.81. The molecule has 0 bridgehead atoms. The third kappa shape index (κ3) is 3.19. The molecule has 1 atom stereocenters. The molecule has 1 aromatic heterocycles. The first kappa shape index (κ1) is 15.8. The average Bonchev–Trinajstić information content (AvgIpc) is 2.78. The quantitative estimate of drug-likeness (QED) is 0.821. The van der Waals surface area contributed by atoms with Gasteiger partial charge in [-0.25, -0.2) is 0 Å². The Balaban J connectivity index is 2.53. The molecule has 0 fully saturated rings. The van der Waals surface area contributed by atoms with E-state index >= 15 is 0 Å². The standard InChI is InChI=1S/C14H16BrCl2N3/c1-3-18-13(10-6-5-9(16)7-12(10)17)14-11(15)8-19-20(14)4-2/h5-8,13,18H,3-4H2,1-2H3. The van der Waals surface area contributed by atoms with Gasteiger partial charge in [-0.3, -0.25) is 4.68 Å². The zero-order valence-electron chi connectivity index (χ0n) is 11.3. The van der Waals surface area contributed by atoms with E-state index in [1.165, 1.54) is 0 Å². The first-order chi connectivity index (χ1) is 9.58. The summed E-state index contributed by atoms with van der Waals surface area (Å²) in [5.74, 6) is 0. The molecule has 6 heteroatoms. The van der Waals surface area contributed by atoms with Crippen molar-refractivity contribution in [2.24, 2.45) is 0 Å². The van der Waals surface area contributed by atoms with E-state index in [4.69, 9.17) is 23.2 Å². The number of aromatic nitrogens is 2. The van der Waals surface area contributed by atoms with Crippen LogP contribution in [0.25, 0.3) is 0 Å². The number of nitrogens with zero attached hydrogens (tertiary/aromatic N) is 2. The lowest BCUT2D eigenvalue weighted by atomic mass is 10.0. The zero-order chi connectivity index (χ0) is 14.7. The van der Waals surface area contributed by atoms with Crippen LogP contribution < -0.4 is 5.32 Å². The molecule has 20 heavy (non-hydrogen) atoms. The van der Waals surface area contributed by atoms with E-state index in [0.717, 1.165) is 28.8 Å². The Bertz CT molecular complexity index is 598. The maximum Gasteiger partial charge on any atom is 0.0774 e. The number of hydrogen-bond acceptors (Lipinski definition) is 2. The predicted molar refractivity (Wildman–Crippen MR) is 87.6 cm³/mol. The summed E-state index contributed by atoms with van der Waals surface area (Å²) in [5, 5.41) is 9.12. The fourth-order valence-electron chi connectivity index (χ4n) is 2.20. The number of halogens is 3. The van der Waals surface area contributed by atoms with Crippen molar-refractivity contribution in [1.82, 2.24) is 15.1 Å². The minimum absolute atomic E-state index is 0.0263. The second kappa shape index (κ2) is 6.94. The average molecular weight is 377 g/mol. The summed E-state index contributed by atoms with van der Waals surface area (Å²) < 4.78 is 2.93. The van der Waals surface area contributed by atoms with Gasteiger partial charge in [-0.15, -0.1) is 0 Å². The molecular formula is C14H16BrCl2N3. The van der Waals surface area contributed by atoms with Crippen molar-refractivity contribution in [2.45, 2.75) is 26.4 Å². The van der Waals surface area contributed by atoms with Gasteiger partial charge in [0.15, 0.2) is 0 Å². The Morgan fingerprint density at radius 3 is 2.70 bits per heavy atom. The van der Waals surface area contributed by atoms with Crippen LogP contribution in [0.15, 0.2) is 28.9 Å². The van der Waals surface area contributed by atoms with Crippen LogP contribution in [0.4, 0.5) is 0 Å². The van der Waals surface area contributed by atoms with Crippen LogP contribution in [-0.4, -0.2) is 16.3 Å². The molecule has 0 saturated carbocycles. The molecule has 3 nitrogen and oxygen atoms in total. The van der Waals surface area contributed by atoms with E-state index in [9.17, 15) is 0 Å². The summed E-state index contributed by atoms with van der Waals surface area (Å²) in [4.78, 5) is 0. The highest BCUT2D eigenvalue weighted by atomic mass is 79.9. The highest BCUT2D eigenvalue weighted by Crippen LogP contribution is 2.33. The monoisotopic (exact) mass is 375 g/mol. The molecule has 2 aromatic rings. The molecule has 0 saturated heterocycles. The second-order valence-electron chi connectivity index (χ2n) is 4.35. The van der Waals surface area contributed by atoms with E-state index in [-0.39, 0.29) is 6.04 Å². The Labute approximate surface area is 137 Å². The summed E-state index contributed by atoms with van der Waals surface area (Å²) in [6, 6.07) is 5.55. The van der Waals surface area contributed by atoms with Crippen LogP contribution in [-0.2, 0) is 6.54 Å². The van der Waals surface area contributed by atoms with Crippen molar-refractivity contribution in [2.75, 3.05) is 6.54 Å². The number of aryl methyl sites for hydroxylation is 1. The normalized spacial score (nSPS) is 12.7. The van der Waals surface area contributed by atoms with Gasteiger partial charge in [-0.05, 0) is 47.1 Å². The van der Waals surface area contributed by atoms with E-state index in [0.29, 0.717) is 10.0 Å². The SMILES string of the molecule is CCNC(c1ccc(Cl)cc1Cl)c1c(Br)cnn1CC. The molecule has 1 aromatic carbocycles. The smallest absolute Gasteiger partial charge is 0.0774 e. The highest BCUT2D eigenvalue weighted by molar-refractivity contribution is 9.10. The number of nitrogens with one attached hydrogen (secondary N) is 1. The largest absolute Gasteiger partial charge is 0.305 e. The van der Waals surface area contributed by atoms with Crippen molar-refractivity contribution < 1.29 is 0 Å². The van der Waals surface area contributed by atoms with E-state index < -0.39 is 0 Å². The van der Waals surface area contributed by atoms with Gasteiger partial charge in [0, 0.05) is 16.6 Å². The van der Waals surface area contributed by atoms with Crippen LogP contribution in [0.2, 0.25) is 10.0 Å². The Kier molecular flexibility index (Phi) is 5.49. The molecule has 2 rings (SSSR count). The number of hydrogen-bond donors (Lipinski definition) is 1. The van der Waals surface area contributed by atoms with E-state index in [2.05, 4.69) is 40.2 Å². The Morgan fingerprint density at radius 1 is 1.35 bits per heavy atom. The Morgan fingerprint density at radius 2 is 2.10 bits per heavy atom. The molecule has 0 aliphatic carbocycles. The molecule has 1 unspecified atom stereocenters. The van der Waals surface area contributed by atoms with Crippen LogP contribution in [0.1, 0.15) is 31.1 Å². The first-order valence-electron chi connectivity index (χ1n) is 6.48. The van der Waals surface area contributed by atoms with Gasteiger partial charge in [0.2, 0.25) is 0 Å². The summed E-state index contributed by atoms with van der Waals surface area (Å²) in [7, 11) is 0. The molecular weight excluding hydrogens is 361 g/mol. The third-order valence-corrected chi connectivity index (χ3v) is 4.26. The maximum atomic E-state index is 6.36. The van der Waals surface area contributed by atoms with Crippen molar-refractivity contribution >= 4 is 39.1 Å². The predicted octanol–water partition coefficient (Wildman–Crippen LogP) is 4.67. The summed E-state index contributed by atoms with van der Waals surface area (Å²) >= 11 is 15.9. The minimum atomic E-state index is -0.0263. The minimum Gasteiger partial charge on any atom is -0.305 e. The number of benzene rings is 1. The van der Waals surface area contributed by atoms with Crippen LogP contribution in [0.3, 0.4) is 0 Å². The summed E-state index contributed by atoms with van der Waals surface area (Å²) in [5.41, 5.74) is 2.06. The zero-order valence-corrected chi connectivity index (χ0v) is 14.4. The lowest BCUT2D eigenvalue weighted by Crippen LogP contribution is -2.25.